The third-order valence-corrected chi connectivity index (χ3v) is 4.61. The molecule has 0 unspecified atom stereocenters. The van der Waals surface area contributed by atoms with Gasteiger partial charge in [-0.15, -0.1) is 0 Å². The van der Waals surface area contributed by atoms with Crippen LogP contribution in [-0.4, -0.2) is 26.0 Å². The summed E-state index contributed by atoms with van der Waals surface area (Å²) in [6.07, 6.45) is 5.46. The Hall–Kier alpha value is -1.36. The fourth-order valence-electron chi connectivity index (χ4n) is 2.54. The zero-order valence-electron chi connectivity index (χ0n) is 10.3. The molecule has 0 bridgehead atoms. The number of nitrogens with zero attached hydrogens (tertiary/aromatic N) is 3. The first-order chi connectivity index (χ1) is 8.77. The van der Waals surface area contributed by atoms with Gasteiger partial charge < -0.3 is 0 Å². The van der Waals surface area contributed by atoms with E-state index < -0.39 is 0 Å². The van der Waals surface area contributed by atoms with Crippen molar-refractivity contribution >= 4 is 22.8 Å². The quantitative estimate of drug-likeness (QED) is 0.787. The molecular formula is C13H15N3OS. The van der Waals surface area contributed by atoms with Crippen molar-refractivity contribution in [3.8, 4) is 0 Å². The minimum atomic E-state index is 0.0955. The maximum atomic E-state index is 12.4. The zero-order valence-corrected chi connectivity index (χ0v) is 11.1. The van der Waals surface area contributed by atoms with Gasteiger partial charge >= 0.3 is 0 Å². The normalized spacial score (nSPS) is 17.2. The molecule has 2 aromatic rings. The summed E-state index contributed by atoms with van der Waals surface area (Å²) in [5, 5.41) is 0.952. The summed E-state index contributed by atoms with van der Waals surface area (Å²) < 4.78 is 1.65. The largest absolute Gasteiger partial charge is 0.296 e. The van der Waals surface area contributed by atoms with Crippen LogP contribution in [0.4, 0.5) is 0 Å². The van der Waals surface area contributed by atoms with Crippen LogP contribution in [0.5, 0.6) is 0 Å². The first-order valence-corrected chi connectivity index (χ1v) is 7.30. The third kappa shape index (κ3) is 1.92. The summed E-state index contributed by atoms with van der Waals surface area (Å²) in [5.74, 6) is 2.70. The van der Waals surface area contributed by atoms with Crippen LogP contribution in [0.1, 0.15) is 24.3 Å². The number of hydrogen-bond donors (Lipinski definition) is 0. The van der Waals surface area contributed by atoms with Gasteiger partial charge in [0.05, 0.1) is 0 Å². The summed E-state index contributed by atoms with van der Waals surface area (Å²) in [4.78, 5) is 20.6. The Balaban J connectivity index is 2.17. The summed E-state index contributed by atoms with van der Waals surface area (Å²) in [5.41, 5.74) is 1.74. The SMILES string of the molecule is Cn1c(=O)c(C2CCSCC2)cc2cncnc21. The lowest BCUT2D eigenvalue weighted by atomic mass is 9.94. The fourth-order valence-corrected chi connectivity index (χ4v) is 3.64. The fraction of sp³-hybridized carbons (Fsp3) is 0.462. The summed E-state index contributed by atoms with van der Waals surface area (Å²) >= 11 is 1.97. The van der Waals surface area contributed by atoms with E-state index in [0.29, 0.717) is 11.6 Å². The van der Waals surface area contributed by atoms with Gasteiger partial charge in [0.15, 0.2) is 0 Å². The monoisotopic (exact) mass is 261 g/mol. The molecule has 1 aliphatic heterocycles. The average Bonchev–Trinajstić information content (AvgIpc) is 2.44. The van der Waals surface area contributed by atoms with Gasteiger partial charge in [-0.1, -0.05) is 0 Å². The number of pyridine rings is 1. The van der Waals surface area contributed by atoms with Crippen molar-refractivity contribution in [1.29, 1.82) is 0 Å². The standard InChI is InChI=1S/C13H15N3OS/c1-16-12-10(7-14-8-15-12)6-11(13(16)17)9-2-4-18-5-3-9/h6-9H,2-5H2,1H3. The number of hydrogen-bond acceptors (Lipinski definition) is 4. The predicted octanol–water partition coefficient (Wildman–Crippen LogP) is 1.94. The highest BCUT2D eigenvalue weighted by atomic mass is 32.2. The van der Waals surface area contributed by atoms with Crippen molar-refractivity contribution < 1.29 is 0 Å². The lowest BCUT2D eigenvalue weighted by molar-refractivity contribution is 0.623. The minimum Gasteiger partial charge on any atom is -0.296 e. The zero-order chi connectivity index (χ0) is 12.5. The van der Waals surface area contributed by atoms with E-state index in [0.717, 1.165) is 35.3 Å². The molecule has 0 amide bonds. The first kappa shape index (κ1) is 11.7. The van der Waals surface area contributed by atoms with E-state index in [4.69, 9.17) is 0 Å². The van der Waals surface area contributed by atoms with Gasteiger partial charge in [0.2, 0.25) is 0 Å². The first-order valence-electron chi connectivity index (χ1n) is 6.15. The van der Waals surface area contributed by atoms with E-state index in [2.05, 4.69) is 9.97 Å². The van der Waals surface area contributed by atoms with E-state index in [-0.39, 0.29) is 5.56 Å². The van der Waals surface area contributed by atoms with Crippen LogP contribution < -0.4 is 5.56 Å². The molecule has 0 aliphatic carbocycles. The topological polar surface area (TPSA) is 47.8 Å². The molecule has 0 spiro atoms. The van der Waals surface area contributed by atoms with E-state index in [9.17, 15) is 4.79 Å². The molecule has 1 fully saturated rings. The molecule has 18 heavy (non-hydrogen) atoms. The molecule has 4 nitrogen and oxygen atoms in total. The Morgan fingerprint density at radius 1 is 1.39 bits per heavy atom. The molecule has 0 saturated carbocycles. The number of aryl methyl sites for hydroxylation is 1. The van der Waals surface area contributed by atoms with Crippen molar-refractivity contribution in [1.82, 2.24) is 14.5 Å². The van der Waals surface area contributed by atoms with Crippen LogP contribution in [0.25, 0.3) is 11.0 Å². The molecular weight excluding hydrogens is 246 g/mol. The lowest BCUT2D eigenvalue weighted by Crippen LogP contribution is -2.25. The molecule has 2 aromatic heterocycles. The van der Waals surface area contributed by atoms with E-state index in [1.807, 2.05) is 17.8 Å². The second-order valence-corrected chi connectivity index (χ2v) is 5.88. The molecule has 3 heterocycles. The van der Waals surface area contributed by atoms with E-state index in [1.54, 1.807) is 17.8 Å². The Labute approximate surface area is 109 Å². The molecule has 0 radical (unpaired) electrons. The maximum Gasteiger partial charge on any atom is 0.255 e. The Kier molecular flexibility index (Phi) is 3.07. The number of rotatable bonds is 1. The van der Waals surface area contributed by atoms with Crippen molar-refractivity contribution in [3.63, 3.8) is 0 Å². The van der Waals surface area contributed by atoms with Crippen LogP contribution in [0.15, 0.2) is 23.4 Å². The second kappa shape index (κ2) is 4.72. The van der Waals surface area contributed by atoms with Crippen molar-refractivity contribution in [2.24, 2.45) is 7.05 Å². The molecule has 1 saturated heterocycles. The van der Waals surface area contributed by atoms with Crippen LogP contribution in [0.2, 0.25) is 0 Å². The van der Waals surface area contributed by atoms with Gasteiger partial charge in [0, 0.05) is 24.2 Å². The number of aromatic nitrogens is 3. The second-order valence-electron chi connectivity index (χ2n) is 4.65. The summed E-state index contributed by atoms with van der Waals surface area (Å²) in [6.45, 7) is 0. The van der Waals surface area contributed by atoms with Gasteiger partial charge in [0.1, 0.15) is 12.0 Å². The van der Waals surface area contributed by atoms with Crippen LogP contribution >= 0.6 is 11.8 Å². The smallest absolute Gasteiger partial charge is 0.255 e. The van der Waals surface area contributed by atoms with E-state index in [1.165, 1.54) is 6.33 Å². The van der Waals surface area contributed by atoms with Crippen LogP contribution in [-0.2, 0) is 7.05 Å². The van der Waals surface area contributed by atoms with Crippen LogP contribution in [0, 0.1) is 0 Å². The highest BCUT2D eigenvalue weighted by Crippen LogP contribution is 2.30. The Bertz CT molecular complexity index is 632. The molecule has 0 atom stereocenters. The molecule has 0 N–H and O–H groups in total. The lowest BCUT2D eigenvalue weighted by Gasteiger charge is -2.21. The highest BCUT2D eigenvalue weighted by Gasteiger charge is 2.20. The Morgan fingerprint density at radius 2 is 2.17 bits per heavy atom. The van der Waals surface area contributed by atoms with Crippen molar-refractivity contribution in [2.45, 2.75) is 18.8 Å². The van der Waals surface area contributed by atoms with E-state index >= 15 is 0 Å². The predicted molar refractivity (Wildman–Crippen MR) is 74.1 cm³/mol. The summed E-state index contributed by atoms with van der Waals surface area (Å²) in [6, 6.07) is 1.98. The van der Waals surface area contributed by atoms with Crippen molar-refractivity contribution in [3.05, 3.63) is 34.5 Å². The number of fused-ring (bicyclic) bond motifs is 1. The molecule has 0 aromatic carbocycles. The van der Waals surface area contributed by atoms with Crippen LogP contribution in [0.3, 0.4) is 0 Å². The minimum absolute atomic E-state index is 0.0955. The maximum absolute atomic E-state index is 12.4. The van der Waals surface area contributed by atoms with Gasteiger partial charge in [-0.25, -0.2) is 9.97 Å². The van der Waals surface area contributed by atoms with Gasteiger partial charge in [0.25, 0.3) is 5.56 Å². The van der Waals surface area contributed by atoms with Crippen molar-refractivity contribution in [2.75, 3.05) is 11.5 Å². The Morgan fingerprint density at radius 3 is 2.94 bits per heavy atom. The van der Waals surface area contributed by atoms with Gasteiger partial charge in [-0.2, -0.15) is 11.8 Å². The van der Waals surface area contributed by atoms with Gasteiger partial charge in [-0.3, -0.25) is 9.36 Å². The molecule has 1 aliphatic rings. The highest BCUT2D eigenvalue weighted by molar-refractivity contribution is 7.99. The average molecular weight is 261 g/mol. The number of thioether (sulfide) groups is 1. The molecule has 94 valence electrons. The molecule has 5 heteroatoms. The van der Waals surface area contributed by atoms with Gasteiger partial charge in [-0.05, 0) is 36.3 Å². The molecule has 3 rings (SSSR count). The third-order valence-electron chi connectivity index (χ3n) is 3.56. The summed E-state index contributed by atoms with van der Waals surface area (Å²) in [7, 11) is 1.79.